The Morgan fingerprint density at radius 3 is 2.43 bits per heavy atom. The summed E-state index contributed by atoms with van der Waals surface area (Å²) in [4.78, 5) is 38.4. The molecule has 0 unspecified atom stereocenters. The fourth-order valence-corrected chi connectivity index (χ4v) is 2.15. The van der Waals surface area contributed by atoms with E-state index in [9.17, 15) is 14.4 Å². The molecule has 1 heterocycles. The van der Waals surface area contributed by atoms with Crippen molar-refractivity contribution in [1.29, 1.82) is 0 Å². The molecule has 0 aromatic rings. The van der Waals surface area contributed by atoms with Crippen LogP contribution in [0.5, 0.6) is 0 Å². The van der Waals surface area contributed by atoms with Crippen LogP contribution in [0.4, 0.5) is 4.79 Å². The zero-order valence-corrected chi connectivity index (χ0v) is 13.1. The van der Waals surface area contributed by atoms with E-state index < -0.39 is 6.03 Å². The normalized spacial score (nSPS) is 16.5. The summed E-state index contributed by atoms with van der Waals surface area (Å²) in [6, 6.07) is -0.450. The van der Waals surface area contributed by atoms with Crippen molar-refractivity contribution >= 4 is 17.8 Å². The number of amides is 4. The Bertz CT molecular complexity index is 384. The molecule has 7 heteroatoms. The molecule has 1 aliphatic heterocycles. The number of hydrogen-bond acceptors (Lipinski definition) is 4. The smallest absolute Gasteiger partial charge is 0.321 e. The van der Waals surface area contributed by atoms with Gasteiger partial charge in [-0.05, 0) is 12.3 Å². The lowest BCUT2D eigenvalue weighted by molar-refractivity contribution is -0.128. The summed E-state index contributed by atoms with van der Waals surface area (Å²) in [7, 11) is 0. The average Bonchev–Trinajstić information content (AvgIpc) is 2.61. The Balaban J connectivity index is 2.31. The molecular weight excluding hydrogens is 272 g/mol. The van der Waals surface area contributed by atoms with Gasteiger partial charge in [0.1, 0.15) is 0 Å². The second-order valence-electron chi connectivity index (χ2n) is 5.79. The van der Waals surface area contributed by atoms with Gasteiger partial charge in [0.05, 0.1) is 6.54 Å². The summed E-state index contributed by atoms with van der Waals surface area (Å²) >= 11 is 0. The van der Waals surface area contributed by atoms with Gasteiger partial charge in [-0.25, -0.2) is 4.79 Å². The van der Waals surface area contributed by atoms with Crippen LogP contribution >= 0.6 is 0 Å². The van der Waals surface area contributed by atoms with Gasteiger partial charge >= 0.3 is 6.03 Å². The third-order valence-corrected chi connectivity index (χ3v) is 3.32. The minimum absolute atomic E-state index is 0.0642. The molecule has 0 aromatic heterocycles. The first-order valence-corrected chi connectivity index (χ1v) is 7.44. The number of carbonyl (C=O) groups excluding carboxylic acids is 3. The Morgan fingerprint density at radius 2 is 1.81 bits per heavy atom. The van der Waals surface area contributed by atoms with Crippen LogP contribution in [0.15, 0.2) is 0 Å². The van der Waals surface area contributed by atoms with E-state index in [0.29, 0.717) is 25.6 Å². The lowest BCUT2D eigenvalue weighted by Gasteiger charge is -2.20. The number of nitrogens with zero attached hydrogens (tertiary/aromatic N) is 2. The van der Waals surface area contributed by atoms with Gasteiger partial charge in [0.25, 0.3) is 0 Å². The zero-order chi connectivity index (χ0) is 15.8. The van der Waals surface area contributed by atoms with Crippen molar-refractivity contribution in [3.63, 3.8) is 0 Å². The fourth-order valence-electron chi connectivity index (χ4n) is 2.15. The van der Waals surface area contributed by atoms with Gasteiger partial charge in [-0.15, -0.1) is 0 Å². The molecular formula is C14H26N4O3. The highest BCUT2D eigenvalue weighted by Crippen LogP contribution is 2.02. The standard InChI is InChI=1S/C14H26N4O3/c1-11(2)9-15-14(21)16-13(20)10-17-5-4-6-18(8-7-17)12(3)19/h11H,4-10H2,1-3H3,(H2,15,16,20,21). The van der Waals surface area contributed by atoms with Crippen LogP contribution in [0.25, 0.3) is 0 Å². The quantitative estimate of drug-likeness (QED) is 0.767. The van der Waals surface area contributed by atoms with Crippen LogP contribution < -0.4 is 10.6 Å². The number of imide groups is 1. The van der Waals surface area contributed by atoms with E-state index in [2.05, 4.69) is 10.6 Å². The number of urea groups is 1. The summed E-state index contributed by atoms with van der Waals surface area (Å²) in [5.74, 6) is 0.0934. The molecule has 1 aliphatic rings. The number of hydrogen-bond donors (Lipinski definition) is 2. The molecule has 1 rings (SSSR count). The fraction of sp³-hybridized carbons (Fsp3) is 0.786. The Labute approximate surface area is 126 Å². The largest absolute Gasteiger partial charge is 0.342 e. The molecule has 0 aromatic carbocycles. The van der Waals surface area contributed by atoms with E-state index in [-0.39, 0.29) is 18.4 Å². The predicted molar refractivity (Wildman–Crippen MR) is 79.7 cm³/mol. The summed E-state index contributed by atoms with van der Waals surface area (Å²) in [5, 5.41) is 4.97. The monoisotopic (exact) mass is 298 g/mol. The second-order valence-corrected chi connectivity index (χ2v) is 5.79. The van der Waals surface area contributed by atoms with Crippen LogP contribution in [0.3, 0.4) is 0 Å². The maximum Gasteiger partial charge on any atom is 0.321 e. The summed E-state index contributed by atoms with van der Waals surface area (Å²) in [6.45, 7) is 9.01. The van der Waals surface area contributed by atoms with Crippen molar-refractivity contribution in [2.45, 2.75) is 27.2 Å². The highest BCUT2D eigenvalue weighted by atomic mass is 16.2. The minimum Gasteiger partial charge on any atom is -0.342 e. The van der Waals surface area contributed by atoms with Gasteiger partial charge in [0.15, 0.2) is 0 Å². The van der Waals surface area contributed by atoms with Gasteiger partial charge in [0.2, 0.25) is 11.8 Å². The SMILES string of the molecule is CC(=O)N1CCCN(CC(=O)NC(=O)NCC(C)C)CC1. The molecule has 120 valence electrons. The molecule has 7 nitrogen and oxygen atoms in total. The molecule has 0 saturated carbocycles. The number of carbonyl (C=O) groups is 3. The van der Waals surface area contributed by atoms with Crippen molar-refractivity contribution in [2.75, 3.05) is 39.3 Å². The summed E-state index contributed by atoms with van der Waals surface area (Å²) < 4.78 is 0. The minimum atomic E-state index is -0.450. The molecule has 4 amide bonds. The van der Waals surface area contributed by atoms with Crippen molar-refractivity contribution in [2.24, 2.45) is 5.92 Å². The van der Waals surface area contributed by atoms with E-state index in [4.69, 9.17) is 0 Å². The van der Waals surface area contributed by atoms with Crippen LogP contribution in [-0.2, 0) is 9.59 Å². The molecule has 0 radical (unpaired) electrons. The zero-order valence-electron chi connectivity index (χ0n) is 13.1. The maximum absolute atomic E-state index is 11.8. The van der Waals surface area contributed by atoms with Crippen LogP contribution in [-0.4, -0.2) is 66.9 Å². The third-order valence-electron chi connectivity index (χ3n) is 3.32. The summed E-state index contributed by atoms with van der Waals surface area (Å²) in [6.07, 6.45) is 0.840. The molecule has 21 heavy (non-hydrogen) atoms. The van der Waals surface area contributed by atoms with Crippen LogP contribution in [0.2, 0.25) is 0 Å². The molecule has 0 aliphatic carbocycles. The van der Waals surface area contributed by atoms with Crippen LogP contribution in [0.1, 0.15) is 27.2 Å². The Kier molecular flexibility index (Phi) is 7.14. The maximum atomic E-state index is 11.8. The molecule has 0 spiro atoms. The van der Waals surface area contributed by atoms with E-state index >= 15 is 0 Å². The topological polar surface area (TPSA) is 81.8 Å². The van der Waals surface area contributed by atoms with Gasteiger partial charge in [0, 0.05) is 39.6 Å². The van der Waals surface area contributed by atoms with Crippen molar-refractivity contribution < 1.29 is 14.4 Å². The lowest BCUT2D eigenvalue weighted by Crippen LogP contribution is -2.46. The lowest BCUT2D eigenvalue weighted by atomic mass is 10.2. The number of nitrogens with one attached hydrogen (secondary N) is 2. The predicted octanol–water partition coefficient (Wildman–Crippen LogP) is 0.0224. The van der Waals surface area contributed by atoms with Gasteiger partial charge in [-0.3, -0.25) is 19.8 Å². The second kappa shape index (κ2) is 8.61. The van der Waals surface area contributed by atoms with E-state index in [1.807, 2.05) is 18.7 Å². The molecule has 1 saturated heterocycles. The molecule has 1 fully saturated rings. The van der Waals surface area contributed by atoms with E-state index in [1.165, 1.54) is 0 Å². The first-order chi connectivity index (χ1) is 9.88. The van der Waals surface area contributed by atoms with Crippen molar-refractivity contribution in [1.82, 2.24) is 20.4 Å². The van der Waals surface area contributed by atoms with Gasteiger partial charge in [-0.1, -0.05) is 13.8 Å². The van der Waals surface area contributed by atoms with E-state index in [0.717, 1.165) is 19.5 Å². The van der Waals surface area contributed by atoms with E-state index in [1.54, 1.807) is 11.8 Å². The van der Waals surface area contributed by atoms with Crippen molar-refractivity contribution in [3.8, 4) is 0 Å². The Hall–Kier alpha value is -1.63. The third kappa shape index (κ3) is 7.08. The Morgan fingerprint density at radius 1 is 1.10 bits per heavy atom. The molecule has 0 bridgehead atoms. The number of rotatable bonds is 4. The first kappa shape index (κ1) is 17.4. The molecule has 2 N–H and O–H groups in total. The van der Waals surface area contributed by atoms with Crippen LogP contribution in [0, 0.1) is 5.92 Å². The van der Waals surface area contributed by atoms with Gasteiger partial charge in [-0.2, -0.15) is 0 Å². The highest BCUT2D eigenvalue weighted by molar-refractivity contribution is 5.95. The van der Waals surface area contributed by atoms with Gasteiger partial charge < -0.3 is 10.2 Å². The van der Waals surface area contributed by atoms with Crippen molar-refractivity contribution in [3.05, 3.63) is 0 Å². The highest BCUT2D eigenvalue weighted by Gasteiger charge is 2.19. The summed E-state index contributed by atoms with van der Waals surface area (Å²) in [5.41, 5.74) is 0. The molecule has 0 atom stereocenters. The first-order valence-electron chi connectivity index (χ1n) is 7.44. The average molecular weight is 298 g/mol.